The summed E-state index contributed by atoms with van der Waals surface area (Å²) in [6.07, 6.45) is 0. The maximum atomic E-state index is 13.0. The lowest BCUT2D eigenvalue weighted by molar-refractivity contribution is -0.385. The van der Waals surface area contributed by atoms with Gasteiger partial charge in [-0.1, -0.05) is 0 Å². The Hall–Kier alpha value is -3.74. The largest absolute Gasteiger partial charge is 0.329 e. The summed E-state index contributed by atoms with van der Waals surface area (Å²) in [4.78, 5) is 47.5. The van der Waals surface area contributed by atoms with Crippen LogP contribution in [0.5, 0.6) is 0 Å². The fraction of sp³-hybridized carbons (Fsp3) is 0.300. The molecule has 12 heteroatoms. The molecule has 32 heavy (non-hydrogen) atoms. The van der Waals surface area contributed by atoms with Crippen LogP contribution < -0.4 is 16.4 Å². The fourth-order valence-electron chi connectivity index (χ4n) is 2.78. The van der Waals surface area contributed by atoms with Crippen LogP contribution in [0.25, 0.3) is 0 Å². The Morgan fingerprint density at radius 1 is 0.750 bits per heavy atom. The third-order valence-electron chi connectivity index (χ3n) is 4.45. The quantitative estimate of drug-likeness (QED) is 0.186. The molecule has 0 heterocycles. The highest BCUT2D eigenvalue weighted by Crippen LogP contribution is 2.17. The molecule has 0 aliphatic rings. The minimum Gasteiger partial charge on any atom is -0.329 e. The lowest BCUT2D eigenvalue weighted by atomic mass is 10.1. The number of nitro groups is 2. The highest BCUT2D eigenvalue weighted by Gasteiger charge is 2.25. The molecular formula is C20H24N6O6. The Kier molecular flexibility index (Phi) is 9.35. The number of nitrogens with zero attached hydrogens (tertiary/aromatic N) is 3. The second-order valence-corrected chi connectivity index (χ2v) is 6.66. The molecule has 0 saturated heterocycles. The van der Waals surface area contributed by atoms with E-state index in [-0.39, 0.29) is 29.0 Å². The molecule has 170 valence electrons. The first-order chi connectivity index (χ1) is 15.3. The van der Waals surface area contributed by atoms with Gasteiger partial charge in [0.1, 0.15) is 0 Å². The second-order valence-electron chi connectivity index (χ2n) is 6.66. The van der Waals surface area contributed by atoms with Crippen LogP contribution in [-0.4, -0.2) is 65.8 Å². The van der Waals surface area contributed by atoms with Crippen molar-refractivity contribution in [3.05, 3.63) is 79.9 Å². The third kappa shape index (κ3) is 6.91. The van der Waals surface area contributed by atoms with E-state index >= 15 is 0 Å². The molecule has 2 rings (SSSR count). The number of hydrogen-bond donors (Lipinski definition) is 3. The Bertz CT molecular complexity index is 879. The van der Waals surface area contributed by atoms with Gasteiger partial charge in [-0.05, 0) is 24.3 Å². The van der Waals surface area contributed by atoms with Crippen molar-refractivity contribution < 1.29 is 19.4 Å². The van der Waals surface area contributed by atoms with Crippen LogP contribution in [0.4, 0.5) is 11.4 Å². The number of hydrogen-bond acceptors (Lipinski definition) is 9. The van der Waals surface area contributed by atoms with Crippen LogP contribution in [0.15, 0.2) is 48.5 Å². The van der Waals surface area contributed by atoms with Gasteiger partial charge in [0.15, 0.2) is 0 Å². The summed E-state index contributed by atoms with van der Waals surface area (Å²) in [6, 6.07) is 9.85. The maximum Gasteiger partial charge on any atom is 0.269 e. The van der Waals surface area contributed by atoms with Crippen molar-refractivity contribution >= 4 is 23.2 Å². The van der Waals surface area contributed by atoms with Crippen LogP contribution in [0.2, 0.25) is 0 Å². The van der Waals surface area contributed by atoms with Gasteiger partial charge >= 0.3 is 0 Å². The van der Waals surface area contributed by atoms with Crippen molar-refractivity contribution in [1.29, 1.82) is 0 Å². The number of carbonyl (C=O) groups is 2. The van der Waals surface area contributed by atoms with Crippen LogP contribution >= 0.6 is 0 Å². The minimum absolute atomic E-state index is 0.0303. The van der Waals surface area contributed by atoms with E-state index in [2.05, 4.69) is 10.6 Å². The van der Waals surface area contributed by atoms with E-state index in [1.54, 1.807) is 0 Å². The van der Waals surface area contributed by atoms with E-state index in [4.69, 9.17) is 5.73 Å². The molecule has 0 spiro atoms. The average molecular weight is 444 g/mol. The van der Waals surface area contributed by atoms with Crippen molar-refractivity contribution in [1.82, 2.24) is 15.5 Å². The number of non-ortho nitro benzene ring substituents is 2. The number of benzene rings is 2. The first-order valence-corrected chi connectivity index (χ1v) is 9.81. The van der Waals surface area contributed by atoms with Crippen LogP contribution in [0, 0.1) is 20.2 Å². The minimum atomic E-state index is -0.633. The molecule has 0 unspecified atom stereocenters. The summed E-state index contributed by atoms with van der Waals surface area (Å²) in [6.45, 7) is 2.77. The van der Waals surface area contributed by atoms with Gasteiger partial charge in [-0.2, -0.15) is 0 Å². The van der Waals surface area contributed by atoms with E-state index in [1.165, 1.54) is 48.5 Å². The summed E-state index contributed by atoms with van der Waals surface area (Å²) in [5.41, 5.74) is 5.25. The summed E-state index contributed by atoms with van der Waals surface area (Å²) in [7, 11) is 0. The van der Waals surface area contributed by atoms with Crippen molar-refractivity contribution in [2.75, 3.05) is 39.3 Å². The SMILES string of the molecule is NCCNCCNCCN(C(=O)c1ccc([N+](=O)[O-])cc1)C(=O)c1ccc([N+](=O)[O-])cc1. The van der Waals surface area contributed by atoms with Crippen molar-refractivity contribution in [2.24, 2.45) is 5.73 Å². The predicted molar refractivity (Wildman–Crippen MR) is 116 cm³/mol. The molecule has 0 aliphatic carbocycles. The molecule has 2 aromatic rings. The number of amides is 2. The Morgan fingerprint density at radius 2 is 1.16 bits per heavy atom. The molecule has 0 fully saturated rings. The number of carbonyl (C=O) groups excluding carboxylic acids is 2. The monoisotopic (exact) mass is 444 g/mol. The van der Waals surface area contributed by atoms with E-state index in [0.29, 0.717) is 32.7 Å². The average Bonchev–Trinajstić information content (AvgIpc) is 2.80. The molecule has 0 radical (unpaired) electrons. The molecule has 0 bridgehead atoms. The number of rotatable bonds is 12. The highest BCUT2D eigenvalue weighted by molar-refractivity contribution is 6.10. The van der Waals surface area contributed by atoms with Gasteiger partial charge in [-0.3, -0.25) is 34.7 Å². The first-order valence-electron chi connectivity index (χ1n) is 9.81. The smallest absolute Gasteiger partial charge is 0.269 e. The van der Waals surface area contributed by atoms with Gasteiger partial charge in [0.2, 0.25) is 0 Å². The van der Waals surface area contributed by atoms with Gasteiger partial charge < -0.3 is 16.4 Å². The molecule has 4 N–H and O–H groups in total. The van der Waals surface area contributed by atoms with Crippen molar-refractivity contribution in [3.8, 4) is 0 Å². The zero-order valence-corrected chi connectivity index (χ0v) is 17.2. The lowest BCUT2D eigenvalue weighted by Gasteiger charge is -2.21. The summed E-state index contributed by atoms with van der Waals surface area (Å²) >= 11 is 0. The molecule has 0 atom stereocenters. The summed E-state index contributed by atoms with van der Waals surface area (Å²) in [5.74, 6) is -1.27. The van der Waals surface area contributed by atoms with Crippen LogP contribution in [0.3, 0.4) is 0 Å². The predicted octanol–water partition coefficient (Wildman–Crippen LogP) is 0.924. The van der Waals surface area contributed by atoms with E-state index in [1.807, 2.05) is 0 Å². The summed E-state index contributed by atoms with van der Waals surface area (Å²) < 4.78 is 0. The van der Waals surface area contributed by atoms with Gasteiger partial charge in [0.05, 0.1) is 9.85 Å². The van der Waals surface area contributed by atoms with Gasteiger partial charge in [0, 0.05) is 74.7 Å². The number of nitro benzene ring substituents is 2. The topological polar surface area (TPSA) is 174 Å². The fourth-order valence-corrected chi connectivity index (χ4v) is 2.78. The van der Waals surface area contributed by atoms with E-state index in [9.17, 15) is 29.8 Å². The van der Waals surface area contributed by atoms with Gasteiger partial charge in [-0.15, -0.1) is 0 Å². The first kappa shape index (κ1) is 24.5. The van der Waals surface area contributed by atoms with Gasteiger partial charge in [0.25, 0.3) is 23.2 Å². The Morgan fingerprint density at radius 3 is 1.53 bits per heavy atom. The number of imide groups is 1. The summed E-state index contributed by atoms with van der Waals surface area (Å²) in [5, 5.41) is 27.9. The molecule has 0 aliphatic heterocycles. The van der Waals surface area contributed by atoms with E-state index < -0.39 is 21.7 Å². The molecule has 2 amide bonds. The third-order valence-corrected chi connectivity index (χ3v) is 4.45. The second kappa shape index (κ2) is 12.2. The highest BCUT2D eigenvalue weighted by atomic mass is 16.6. The standard InChI is InChI=1S/C20H24N6O6/c21-9-10-22-11-12-23-13-14-24(19(27)15-1-5-17(6-2-15)25(29)30)20(28)16-3-7-18(8-4-16)26(31)32/h1-8,22-23H,9-14,21H2. The number of nitrogens with one attached hydrogen (secondary N) is 2. The van der Waals surface area contributed by atoms with Gasteiger partial charge in [-0.25, -0.2) is 0 Å². The molecule has 0 aromatic heterocycles. The van der Waals surface area contributed by atoms with Crippen LogP contribution in [0.1, 0.15) is 20.7 Å². The molecule has 12 nitrogen and oxygen atoms in total. The van der Waals surface area contributed by atoms with E-state index in [0.717, 1.165) is 4.90 Å². The van der Waals surface area contributed by atoms with Crippen LogP contribution in [-0.2, 0) is 0 Å². The zero-order valence-electron chi connectivity index (χ0n) is 17.2. The lowest BCUT2D eigenvalue weighted by Crippen LogP contribution is -2.42. The van der Waals surface area contributed by atoms with Crippen molar-refractivity contribution in [3.63, 3.8) is 0 Å². The van der Waals surface area contributed by atoms with Crippen molar-refractivity contribution in [2.45, 2.75) is 0 Å². The number of nitrogens with two attached hydrogens (primary N) is 1. The Labute approximate surface area is 183 Å². The molecular weight excluding hydrogens is 420 g/mol. The molecule has 2 aromatic carbocycles. The zero-order chi connectivity index (χ0) is 23.5. The maximum absolute atomic E-state index is 13.0. The molecule has 0 saturated carbocycles. The normalized spacial score (nSPS) is 10.5. The Balaban J connectivity index is 2.15.